The van der Waals surface area contributed by atoms with Gasteiger partial charge in [0.2, 0.25) is 0 Å². The predicted octanol–water partition coefficient (Wildman–Crippen LogP) is 8.80. The Morgan fingerprint density at radius 2 is 0.786 bits per heavy atom. The van der Waals surface area contributed by atoms with E-state index in [0.717, 1.165) is 0 Å². The molecule has 0 aromatic carbocycles. The third-order valence-electron chi connectivity index (χ3n) is 7.78. The van der Waals surface area contributed by atoms with Crippen LogP contribution in [0, 0.1) is 10.8 Å². The summed E-state index contributed by atoms with van der Waals surface area (Å²) in [5.74, 6) is 0. The van der Waals surface area contributed by atoms with E-state index in [1.165, 1.54) is 51.4 Å². The van der Waals surface area contributed by atoms with E-state index in [-0.39, 0.29) is 0 Å². The Hall–Kier alpha value is -1.56. The zero-order valence-corrected chi connectivity index (χ0v) is 19.1. The molecule has 0 heterocycles. The van der Waals surface area contributed by atoms with E-state index in [1.807, 2.05) is 0 Å². The largest absolute Gasteiger partial charge is 0.0646 e. The molecule has 0 N–H and O–H groups in total. The van der Waals surface area contributed by atoms with Gasteiger partial charge in [-0.15, -0.1) is 0 Å². The molecule has 0 aromatic rings. The Morgan fingerprint density at radius 3 is 1.00 bits per heavy atom. The van der Waals surface area contributed by atoms with Gasteiger partial charge < -0.3 is 0 Å². The molecule has 152 valence electrons. The van der Waals surface area contributed by atoms with Crippen LogP contribution in [0.3, 0.4) is 0 Å². The summed E-state index contributed by atoms with van der Waals surface area (Å²) < 4.78 is 0. The maximum atomic E-state index is 2.41. The SMILES string of the molecule is CCC(C)(C)C1=CC=C(C2=CC=C(C3=CC=C(C(C)(C)CC)CC3)CC2)CC1. The molecular formula is C28H40. The Balaban J connectivity index is 1.72. The quantitative estimate of drug-likeness (QED) is 0.434. The maximum absolute atomic E-state index is 2.41. The zero-order chi connectivity index (χ0) is 20.4. The second-order valence-electron chi connectivity index (χ2n) is 10.1. The van der Waals surface area contributed by atoms with Crippen LogP contribution in [0.2, 0.25) is 0 Å². The van der Waals surface area contributed by atoms with Crippen LogP contribution in [0.1, 0.15) is 92.9 Å². The maximum Gasteiger partial charge on any atom is -0.0144 e. The van der Waals surface area contributed by atoms with E-state index in [2.05, 4.69) is 78.0 Å². The molecule has 0 saturated heterocycles. The van der Waals surface area contributed by atoms with Crippen molar-refractivity contribution >= 4 is 0 Å². The minimum Gasteiger partial charge on any atom is -0.0646 e. The molecule has 0 aliphatic heterocycles. The van der Waals surface area contributed by atoms with Crippen LogP contribution in [0.15, 0.2) is 69.9 Å². The van der Waals surface area contributed by atoms with Crippen LogP contribution >= 0.6 is 0 Å². The fourth-order valence-electron chi connectivity index (χ4n) is 4.56. The average molecular weight is 377 g/mol. The van der Waals surface area contributed by atoms with Gasteiger partial charge in [0.25, 0.3) is 0 Å². The lowest BCUT2D eigenvalue weighted by molar-refractivity contribution is 0.412. The summed E-state index contributed by atoms with van der Waals surface area (Å²) in [5, 5.41) is 0. The van der Waals surface area contributed by atoms with E-state index < -0.39 is 0 Å². The smallest absolute Gasteiger partial charge is 0.0144 e. The van der Waals surface area contributed by atoms with Crippen molar-refractivity contribution in [1.82, 2.24) is 0 Å². The molecule has 0 fully saturated rings. The second-order valence-corrected chi connectivity index (χ2v) is 10.1. The van der Waals surface area contributed by atoms with Crippen LogP contribution < -0.4 is 0 Å². The Labute approximate surface area is 173 Å². The lowest BCUT2D eigenvalue weighted by Crippen LogP contribution is -2.16. The molecule has 28 heavy (non-hydrogen) atoms. The first-order valence-corrected chi connectivity index (χ1v) is 11.5. The van der Waals surface area contributed by atoms with E-state index >= 15 is 0 Å². The fourth-order valence-corrected chi connectivity index (χ4v) is 4.56. The first-order chi connectivity index (χ1) is 13.3. The first kappa shape index (κ1) is 21.2. The van der Waals surface area contributed by atoms with Gasteiger partial charge in [0, 0.05) is 0 Å². The number of hydrogen-bond donors (Lipinski definition) is 0. The summed E-state index contributed by atoms with van der Waals surface area (Å²) in [6.07, 6.45) is 24.2. The zero-order valence-electron chi connectivity index (χ0n) is 19.1. The van der Waals surface area contributed by atoms with Crippen LogP contribution in [-0.4, -0.2) is 0 Å². The Bertz CT molecular complexity index is 716. The predicted molar refractivity (Wildman–Crippen MR) is 124 cm³/mol. The number of rotatable bonds is 6. The monoisotopic (exact) mass is 376 g/mol. The second kappa shape index (κ2) is 8.44. The average Bonchev–Trinajstić information content (AvgIpc) is 2.74. The molecule has 0 bridgehead atoms. The Morgan fingerprint density at radius 1 is 0.500 bits per heavy atom. The van der Waals surface area contributed by atoms with Gasteiger partial charge in [-0.05, 0) is 84.5 Å². The van der Waals surface area contributed by atoms with Crippen LogP contribution in [-0.2, 0) is 0 Å². The summed E-state index contributed by atoms with van der Waals surface area (Å²) in [6.45, 7) is 14.1. The highest BCUT2D eigenvalue weighted by Gasteiger charge is 2.25. The molecule has 0 heteroatoms. The highest BCUT2D eigenvalue weighted by Crippen LogP contribution is 2.41. The van der Waals surface area contributed by atoms with Gasteiger partial charge in [-0.2, -0.15) is 0 Å². The normalized spacial score (nSPS) is 21.2. The van der Waals surface area contributed by atoms with E-state index in [4.69, 9.17) is 0 Å². The van der Waals surface area contributed by atoms with Crippen LogP contribution in [0.25, 0.3) is 0 Å². The highest BCUT2D eigenvalue weighted by molar-refractivity contribution is 5.48. The van der Waals surface area contributed by atoms with Gasteiger partial charge in [-0.3, -0.25) is 0 Å². The molecule has 3 aliphatic carbocycles. The molecule has 0 amide bonds. The molecule has 0 spiro atoms. The van der Waals surface area contributed by atoms with Crippen molar-refractivity contribution in [3.8, 4) is 0 Å². The Kier molecular flexibility index (Phi) is 6.37. The van der Waals surface area contributed by atoms with Crippen molar-refractivity contribution in [3.63, 3.8) is 0 Å². The fraction of sp³-hybridized carbons (Fsp3) is 0.571. The summed E-state index contributed by atoms with van der Waals surface area (Å²) in [6, 6.07) is 0. The summed E-state index contributed by atoms with van der Waals surface area (Å²) >= 11 is 0. The van der Waals surface area contributed by atoms with Gasteiger partial charge in [0.15, 0.2) is 0 Å². The van der Waals surface area contributed by atoms with Gasteiger partial charge in [0.1, 0.15) is 0 Å². The molecule has 3 rings (SSSR count). The molecule has 0 unspecified atom stereocenters. The van der Waals surface area contributed by atoms with Crippen molar-refractivity contribution in [1.29, 1.82) is 0 Å². The lowest BCUT2D eigenvalue weighted by atomic mass is 9.75. The molecule has 0 radical (unpaired) electrons. The topological polar surface area (TPSA) is 0 Å². The van der Waals surface area contributed by atoms with Crippen molar-refractivity contribution in [2.45, 2.75) is 92.9 Å². The standard InChI is InChI=1S/C28H40/c1-7-27(3,4)25-17-13-23(14-18-25)21-9-11-22(12-10-21)24-15-19-26(20-16-24)28(5,6)8-2/h9,11,13,15,17,19H,7-8,10,12,14,16,18,20H2,1-6H3. The molecule has 0 nitrogen and oxygen atoms in total. The lowest BCUT2D eigenvalue weighted by Gasteiger charge is -2.31. The van der Waals surface area contributed by atoms with E-state index in [9.17, 15) is 0 Å². The van der Waals surface area contributed by atoms with Gasteiger partial charge in [0.05, 0.1) is 0 Å². The highest BCUT2D eigenvalue weighted by atomic mass is 14.3. The summed E-state index contributed by atoms with van der Waals surface area (Å²) in [5.41, 5.74) is 10.2. The first-order valence-electron chi connectivity index (χ1n) is 11.5. The van der Waals surface area contributed by atoms with Crippen molar-refractivity contribution in [3.05, 3.63) is 69.9 Å². The third kappa shape index (κ3) is 4.53. The van der Waals surface area contributed by atoms with Crippen molar-refractivity contribution in [2.75, 3.05) is 0 Å². The minimum absolute atomic E-state index is 0.349. The molecule has 3 aliphatic rings. The number of allylic oxidation sites excluding steroid dienone is 12. The van der Waals surface area contributed by atoms with Gasteiger partial charge >= 0.3 is 0 Å². The minimum atomic E-state index is 0.349. The van der Waals surface area contributed by atoms with Gasteiger partial charge in [-0.1, -0.05) is 89.1 Å². The molecule has 0 aromatic heterocycles. The molecular weight excluding hydrogens is 336 g/mol. The van der Waals surface area contributed by atoms with E-state index in [0.29, 0.717) is 10.8 Å². The van der Waals surface area contributed by atoms with Crippen LogP contribution in [0.5, 0.6) is 0 Å². The third-order valence-corrected chi connectivity index (χ3v) is 7.78. The van der Waals surface area contributed by atoms with Crippen molar-refractivity contribution < 1.29 is 0 Å². The van der Waals surface area contributed by atoms with Crippen molar-refractivity contribution in [2.24, 2.45) is 10.8 Å². The van der Waals surface area contributed by atoms with E-state index in [1.54, 1.807) is 33.4 Å². The summed E-state index contributed by atoms with van der Waals surface area (Å²) in [7, 11) is 0. The van der Waals surface area contributed by atoms with Gasteiger partial charge in [-0.25, -0.2) is 0 Å². The number of hydrogen-bond acceptors (Lipinski definition) is 0. The summed E-state index contributed by atoms with van der Waals surface area (Å²) in [4.78, 5) is 0. The molecule has 0 saturated carbocycles. The molecule has 0 atom stereocenters. The van der Waals surface area contributed by atoms with Crippen LogP contribution in [0.4, 0.5) is 0 Å².